The van der Waals surface area contributed by atoms with E-state index in [4.69, 9.17) is 4.42 Å². The number of rotatable bonds is 8. The quantitative estimate of drug-likeness (QED) is 0.110. The van der Waals surface area contributed by atoms with Crippen LogP contribution < -0.4 is 20.7 Å². The van der Waals surface area contributed by atoms with Crippen LogP contribution in [-0.2, 0) is 0 Å². The maximum absolute atomic E-state index is 6.50. The predicted molar refractivity (Wildman–Crippen MR) is 268 cm³/mol. The van der Waals surface area contributed by atoms with Gasteiger partial charge in [0.1, 0.15) is 11.2 Å². The molecule has 11 aromatic rings. The Balaban J connectivity index is 0.953. The van der Waals surface area contributed by atoms with Crippen LogP contribution in [0.25, 0.3) is 71.7 Å². The molecule has 0 amide bonds. The number of nitrogens with zero attached hydrogens (tertiary/aromatic N) is 1. The first kappa shape index (κ1) is 37.1. The third-order valence-electron chi connectivity index (χ3n) is 13.3. The molecule has 2 heterocycles. The molecule has 1 unspecified atom stereocenters. The molecule has 0 aliphatic heterocycles. The minimum absolute atomic E-state index is 0.398. The molecular weight excluding hydrogens is 779 g/mol. The summed E-state index contributed by atoms with van der Waals surface area (Å²) in [5, 5.41) is 10.2. The number of hydrogen-bond donors (Lipinski definition) is 0. The Bertz CT molecular complexity index is 3440. The Morgan fingerprint density at radius 1 is 0.397 bits per heavy atom. The zero-order valence-corrected chi connectivity index (χ0v) is 35.7. The van der Waals surface area contributed by atoms with Crippen molar-refractivity contribution in [2.75, 3.05) is 0 Å². The van der Waals surface area contributed by atoms with E-state index in [9.17, 15) is 0 Å². The Kier molecular flexibility index (Phi) is 9.02. The fraction of sp³-hybridized carbons (Fsp3) is 0.0333. The van der Waals surface area contributed by atoms with Crippen LogP contribution in [-0.4, -0.2) is 12.6 Å². The van der Waals surface area contributed by atoms with Gasteiger partial charge in [-0.2, -0.15) is 0 Å². The van der Waals surface area contributed by atoms with E-state index in [1.165, 1.54) is 64.8 Å². The minimum Gasteiger partial charge on any atom is -0.456 e. The van der Waals surface area contributed by atoms with E-state index < -0.39 is 8.07 Å². The van der Waals surface area contributed by atoms with Crippen molar-refractivity contribution in [2.24, 2.45) is 0 Å². The summed E-state index contributed by atoms with van der Waals surface area (Å²) in [6.45, 7) is 0. The third-order valence-corrected chi connectivity index (χ3v) is 18.0. The summed E-state index contributed by atoms with van der Waals surface area (Å²) >= 11 is 0. The lowest BCUT2D eigenvalue weighted by Gasteiger charge is -2.34. The van der Waals surface area contributed by atoms with Crippen molar-refractivity contribution in [3.63, 3.8) is 0 Å². The van der Waals surface area contributed by atoms with Crippen molar-refractivity contribution in [1.82, 2.24) is 4.57 Å². The van der Waals surface area contributed by atoms with E-state index in [1.54, 1.807) is 0 Å². The molecule has 12 rings (SSSR count). The van der Waals surface area contributed by atoms with Gasteiger partial charge in [0.05, 0.1) is 11.0 Å². The zero-order valence-electron chi connectivity index (χ0n) is 34.7. The van der Waals surface area contributed by atoms with E-state index in [1.807, 2.05) is 0 Å². The smallest absolute Gasteiger partial charge is 0.179 e. The van der Waals surface area contributed by atoms with Crippen molar-refractivity contribution in [1.29, 1.82) is 0 Å². The van der Waals surface area contributed by atoms with Crippen LogP contribution in [0, 0.1) is 0 Å². The van der Waals surface area contributed by atoms with E-state index in [2.05, 4.69) is 247 Å². The highest BCUT2D eigenvalue weighted by Gasteiger charge is 2.41. The van der Waals surface area contributed by atoms with Crippen molar-refractivity contribution in [2.45, 2.75) is 12.3 Å². The van der Waals surface area contributed by atoms with Crippen molar-refractivity contribution in [3.05, 3.63) is 248 Å². The summed E-state index contributed by atoms with van der Waals surface area (Å²) in [7, 11) is -2.67. The Labute approximate surface area is 368 Å². The van der Waals surface area contributed by atoms with Gasteiger partial charge in [-0.05, 0) is 110 Å². The zero-order chi connectivity index (χ0) is 41.7. The van der Waals surface area contributed by atoms with Crippen LogP contribution in [0.15, 0.2) is 247 Å². The van der Waals surface area contributed by atoms with Crippen molar-refractivity contribution < 1.29 is 4.42 Å². The van der Waals surface area contributed by atoms with E-state index in [0.717, 1.165) is 39.6 Å². The molecule has 0 bridgehead atoms. The topological polar surface area (TPSA) is 18.1 Å². The highest BCUT2D eigenvalue weighted by Crippen LogP contribution is 2.39. The molecule has 298 valence electrons. The van der Waals surface area contributed by atoms with Crippen LogP contribution in [0.3, 0.4) is 0 Å². The lowest BCUT2D eigenvalue weighted by Crippen LogP contribution is -2.74. The van der Waals surface area contributed by atoms with Crippen LogP contribution in [0.2, 0.25) is 0 Å². The van der Waals surface area contributed by atoms with Crippen molar-refractivity contribution in [3.8, 4) is 27.9 Å². The van der Waals surface area contributed by atoms with Crippen LogP contribution in [0.1, 0.15) is 17.9 Å². The second-order valence-electron chi connectivity index (χ2n) is 16.8. The number of benzene rings is 9. The molecule has 2 aromatic heterocycles. The molecule has 63 heavy (non-hydrogen) atoms. The van der Waals surface area contributed by atoms with Gasteiger partial charge in [0, 0.05) is 33.2 Å². The molecule has 0 saturated heterocycles. The summed E-state index contributed by atoms with van der Waals surface area (Å²) in [6.07, 6.45) is 9.93. The average Bonchev–Trinajstić information content (AvgIpc) is 3.90. The number of aromatic nitrogens is 1. The van der Waals surface area contributed by atoms with Crippen molar-refractivity contribution >= 4 is 72.6 Å². The molecule has 0 saturated carbocycles. The van der Waals surface area contributed by atoms with E-state index in [-0.39, 0.29) is 0 Å². The van der Waals surface area contributed by atoms with Crippen LogP contribution in [0.4, 0.5) is 0 Å². The Morgan fingerprint density at radius 3 is 1.65 bits per heavy atom. The Hall–Kier alpha value is -7.72. The van der Waals surface area contributed by atoms with Crippen LogP contribution in [0.5, 0.6) is 0 Å². The molecule has 1 aliphatic rings. The van der Waals surface area contributed by atoms with Gasteiger partial charge < -0.3 is 8.98 Å². The first-order valence-electron chi connectivity index (χ1n) is 21.9. The molecule has 0 spiro atoms. The summed E-state index contributed by atoms with van der Waals surface area (Å²) in [5.41, 5.74) is 11.4. The molecular formula is C60H43NOSi. The SMILES string of the molecule is C1=CCC(c2ccc3c(c2)c2ccccc2n3-c2ccc3oc4ccc(-c5cccc(-c6cccc([Si](c7ccccc7)(c7ccccc7)c7ccccc7)c6)c5)cc4c3c2)C=C1. The van der Waals surface area contributed by atoms with Gasteiger partial charge in [0.25, 0.3) is 0 Å². The van der Waals surface area contributed by atoms with Gasteiger partial charge >= 0.3 is 0 Å². The first-order valence-corrected chi connectivity index (χ1v) is 23.9. The molecule has 0 radical (unpaired) electrons. The average molecular weight is 822 g/mol. The lowest BCUT2D eigenvalue weighted by atomic mass is 9.91. The maximum Gasteiger partial charge on any atom is 0.179 e. The van der Waals surface area contributed by atoms with Crippen LogP contribution >= 0.6 is 0 Å². The highest BCUT2D eigenvalue weighted by molar-refractivity contribution is 7.19. The fourth-order valence-electron chi connectivity index (χ4n) is 10.3. The molecule has 9 aromatic carbocycles. The second kappa shape index (κ2) is 15.3. The largest absolute Gasteiger partial charge is 0.456 e. The summed E-state index contributed by atoms with van der Waals surface area (Å²) in [4.78, 5) is 0. The fourth-order valence-corrected chi connectivity index (χ4v) is 15.1. The first-order chi connectivity index (χ1) is 31.2. The van der Waals surface area contributed by atoms with Gasteiger partial charge in [-0.25, -0.2) is 0 Å². The third kappa shape index (κ3) is 6.23. The summed E-state index contributed by atoms with van der Waals surface area (Å²) in [5.74, 6) is 0.398. The Morgan fingerprint density at radius 2 is 0.968 bits per heavy atom. The minimum atomic E-state index is -2.67. The predicted octanol–water partition coefficient (Wildman–Crippen LogP) is 13.0. The molecule has 0 N–H and O–H groups in total. The number of furan rings is 1. The van der Waals surface area contributed by atoms with Gasteiger partial charge in [0.2, 0.25) is 0 Å². The standard InChI is InChI=1S/C60H43NOSi/c1-5-17-42(18-6-1)46-31-34-58-54(39-46)53-29-13-14-30-57(53)61(58)48-33-36-60-56(41-48)55-40-47(32-35-59(55)62-60)44-20-15-19-43(37-44)45-21-16-28-52(38-45)63(49-22-7-2-8-23-49,50-24-9-3-10-25-50)51-26-11-4-12-27-51/h1-17,19-42H,18H2. The lowest BCUT2D eigenvalue weighted by molar-refractivity contribution is 0.669. The highest BCUT2D eigenvalue weighted by atomic mass is 28.3. The normalized spacial score (nSPS) is 14.0. The van der Waals surface area contributed by atoms with Gasteiger partial charge in [-0.1, -0.05) is 188 Å². The van der Waals surface area contributed by atoms with E-state index in [0.29, 0.717) is 5.92 Å². The maximum atomic E-state index is 6.50. The molecule has 3 heteroatoms. The van der Waals surface area contributed by atoms with Gasteiger partial charge in [-0.3, -0.25) is 0 Å². The molecule has 2 nitrogen and oxygen atoms in total. The monoisotopic (exact) mass is 821 g/mol. The number of fused-ring (bicyclic) bond motifs is 6. The van der Waals surface area contributed by atoms with Gasteiger partial charge in [-0.15, -0.1) is 0 Å². The number of hydrogen-bond acceptors (Lipinski definition) is 1. The molecule has 0 fully saturated rings. The number of allylic oxidation sites excluding steroid dienone is 4. The number of para-hydroxylation sites is 1. The molecule has 1 aliphatic carbocycles. The van der Waals surface area contributed by atoms with E-state index >= 15 is 0 Å². The summed E-state index contributed by atoms with van der Waals surface area (Å²) in [6, 6.07) is 80.8. The molecule has 1 atom stereocenters. The van der Waals surface area contributed by atoms with Gasteiger partial charge in [0.15, 0.2) is 8.07 Å². The summed E-state index contributed by atoms with van der Waals surface area (Å²) < 4.78 is 8.92. The second-order valence-corrected chi connectivity index (χ2v) is 20.6.